The molecule has 1 aliphatic carbocycles. The number of anilines is 1. The van der Waals surface area contributed by atoms with Crippen LogP contribution in [0.25, 0.3) is 10.9 Å². The van der Waals surface area contributed by atoms with Crippen LogP contribution in [0.2, 0.25) is 0 Å². The minimum absolute atomic E-state index is 0.134. The lowest BCUT2D eigenvalue weighted by molar-refractivity contribution is -0.117. The first kappa shape index (κ1) is 23.7. The Balaban J connectivity index is 1.33. The number of ketones is 1. The molecule has 38 heavy (non-hydrogen) atoms. The normalized spacial score (nSPS) is 17.1. The van der Waals surface area contributed by atoms with Gasteiger partial charge >= 0.3 is 0 Å². The summed E-state index contributed by atoms with van der Waals surface area (Å²) in [5.41, 5.74) is 1.33. The summed E-state index contributed by atoms with van der Waals surface area (Å²) in [6.45, 7) is 0. The van der Waals surface area contributed by atoms with Crippen molar-refractivity contribution in [1.29, 1.82) is 0 Å². The molecule has 1 fully saturated rings. The van der Waals surface area contributed by atoms with Gasteiger partial charge in [-0.3, -0.25) is 14.8 Å². The summed E-state index contributed by atoms with van der Waals surface area (Å²) in [7, 11) is 3.14. The minimum atomic E-state index is -0.709. The number of benzene rings is 2. The van der Waals surface area contributed by atoms with Gasteiger partial charge in [-0.25, -0.2) is 19.4 Å². The number of hydrogen-bond acceptors (Lipinski definition) is 9. The van der Waals surface area contributed by atoms with E-state index in [-0.39, 0.29) is 17.6 Å². The molecule has 6 rings (SSSR count). The van der Waals surface area contributed by atoms with Crippen LogP contribution in [0.1, 0.15) is 24.4 Å². The molecule has 1 saturated carbocycles. The first-order valence-corrected chi connectivity index (χ1v) is 12.1. The van der Waals surface area contributed by atoms with Gasteiger partial charge in [0, 0.05) is 29.9 Å². The number of nitrogens with zero attached hydrogens (tertiary/aromatic N) is 5. The Morgan fingerprint density at radius 3 is 2.32 bits per heavy atom. The van der Waals surface area contributed by atoms with Crippen LogP contribution in [0.5, 0.6) is 23.0 Å². The van der Waals surface area contributed by atoms with E-state index in [0.717, 1.165) is 18.2 Å². The predicted molar refractivity (Wildman–Crippen MR) is 138 cm³/mol. The molecule has 0 radical (unpaired) electrons. The molecule has 0 amide bonds. The second kappa shape index (κ2) is 9.62. The van der Waals surface area contributed by atoms with Gasteiger partial charge in [0.05, 0.1) is 38.2 Å². The summed E-state index contributed by atoms with van der Waals surface area (Å²) in [4.78, 5) is 26.5. The van der Waals surface area contributed by atoms with Crippen molar-refractivity contribution < 1.29 is 23.4 Å². The van der Waals surface area contributed by atoms with Crippen LogP contribution in [-0.4, -0.2) is 46.0 Å². The monoisotopic (exact) mass is 513 g/mol. The summed E-state index contributed by atoms with van der Waals surface area (Å²) in [5, 5.41) is 4.49. The Kier molecular flexibility index (Phi) is 5.99. The lowest BCUT2D eigenvalue weighted by Gasteiger charge is -2.41. The van der Waals surface area contributed by atoms with Crippen molar-refractivity contribution in [2.75, 3.05) is 19.2 Å². The van der Waals surface area contributed by atoms with Crippen molar-refractivity contribution in [3.63, 3.8) is 0 Å². The van der Waals surface area contributed by atoms with Crippen molar-refractivity contribution in [2.45, 2.75) is 24.9 Å². The molecule has 1 aliphatic heterocycles. The highest BCUT2D eigenvalue weighted by molar-refractivity contribution is 5.98. The highest BCUT2D eigenvalue weighted by atomic mass is 19.1. The number of halogens is 1. The van der Waals surface area contributed by atoms with Gasteiger partial charge in [-0.1, -0.05) is 12.1 Å². The van der Waals surface area contributed by atoms with Crippen LogP contribution in [-0.2, 0) is 4.79 Å². The summed E-state index contributed by atoms with van der Waals surface area (Å²) in [6.07, 6.45) is 10.1. The molecule has 1 atom stereocenters. The highest BCUT2D eigenvalue weighted by Gasteiger charge is 2.41. The van der Waals surface area contributed by atoms with Gasteiger partial charge in [0.2, 0.25) is 5.95 Å². The van der Waals surface area contributed by atoms with Gasteiger partial charge in [0.25, 0.3) is 0 Å². The quantitative estimate of drug-likeness (QED) is 0.339. The molecular weight excluding hydrogens is 489 g/mol. The molecule has 2 aromatic heterocycles. The van der Waals surface area contributed by atoms with Gasteiger partial charge in [-0.2, -0.15) is 0 Å². The van der Waals surface area contributed by atoms with Crippen molar-refractivity contribution in [3.8, 4) is 23.0 Å². The number of aromatic nitrogens is 3. The van der Waals surface area contributed by atoms with Gasteiger partial charge in [0.15, 0.2) is 23.0 Å². The molecular formula is C28H24FN5O4. The Morgan fingerprint density at radius 1 is 0.921 bits per heavy atom. The minimum Gasteiger partial charge on any atom is -0.493 e. The number of carbonyl (C=O) groups excluding carboxylic acids is 1. The van der Waals surface area contributed by atoms with E-state index in [0.29, 0.717) is 40.0 Å². The molecule has 0 saturated heterocycles. The van der Waals surface area contributed by atoms with Crippen LogP contribution in [0.15, 0.2) is 73.3 Å². The summed E-state index contributed by atoms with van der Waals surface area (Å²) in [5.74, 6) is 1.92. The number of ether oxygens (including phenoxy) is 3. The average Bonchev–Trinajstić information content (AvgIpc) is 3.79. The van der Waals surface area contributed by atoms with Crippen LogP contribution in [0, 0.1) is 5.82 Å². The lowest BCUT2D eigenvalue weighted by Crippen LogP contribution is -2.49. The highest BCUT2D eigenvalue weighted by Crippen LogP contribution is 2.39. The number of methoxy groups -OCH3 is 2. The fraction of sp³-hybridized carbons (Fsp3) is 0.214. The molecule has 0 spiro atoms. The number of rotatable bonds is 7. The van der Waals surface area contributed by atoms with E-state index in [1.165, 1.54) is 12.1 Å². The SMILES string of the molecule is COc1cc2nccc(Oc3cnc(N4C(c5ccc(F)cc5)C(=O)C=CN4C4CC4)nc3)c2cc1OC. The van der Waals surface area contributed by atoms with Crippen LogP contribution >= 0.6 is 0 Å². The zero-order chi connectivity index (χ0) is 26.2. The average molecular weight is 514 g/mol. The zero-order valence-electron chi connectivity index (χ0n) is 20.7. The van der Waals surface area contributed by atoms with Crippen molar-refractivity contribution in [2.24, 2.45) is 0 Å². The number of hydrogen-bond donors (Lipinski definition) is 0. The molecule has 0 bridgehead atoms. The maximum absolute atomic E-state index is 13.6. The Morgan fingerprint density at radius 2 is 1.63 bits per heavy atom. The van der Waals surface area contributed by atoms with Gasteiger partial charge in [-0.05, 0) is 42.7 Å². The molecule has 2 aliphatic rings. The fourth-order valence-electron chi connectivity index (χ4n) is 4.52. The Hall–Kier alpha value is -4.73. The smallest absolute Gasteiger partial charge is 0.245 e. The molecule has 1 unspecified atom stereocenters. The summed E-state index contributed by atoms with van der Waals surface area (Å²) in [6, 6.07) is 10.8. The molecule has 0 N–H and O–H groups in total. The van der Waals surface area contributed by atoms with Crippen molar-refractivity contribution in [3.05, 3.63) is 84.7 Å². The van der Waals surface area contributed by atoms with Gasteiger partial charge < -0.3 is 14.2 Å². The maximum atomic E-state index is 13.6. The third-order valence-corrected chi connectivity index (χ3v) is 6.52. The van der Waals surface area contributed by atoms with E-state index in [2.05, 4.69) is 15.0 Å². The Labute approximate surface area is 218 Å². The van der Waals surface area contributed by atoms with E-state index in [1.807, 2.05) is 5.01 Å². The zero-order valence-corrected chi connectivity index (χ0v) is 20.7. The molecule has 10 heteroatoms. The molecule has 192 valence electrons. The maximum Gasteiger partial charge on any atom is 0.245 e. The van der Waals surface area contributed by atoms with E-state index in [1.54, 1.807) is 80.4 Å². The topological polar surface area (TPSA) is 89.9 Å². The van der Waals surface area contributed by atoms with E-state index in [4.69, 9.17) is 14.2 Å². The number of pyridine rings is 1. The second-order valence-electron chi connectivity index (χ2n) is 8.98. The third kappa shape index (κ3) is 4.34. The number of carbonyl (C=O) groups is 1. The van der Waals surface area contributed by atoms with Gasteiger partial charge in [0.1, 0.15) is 17.6 Å². The predicted octanol–water partition coefficient (Wildman–Crippen LogP) is 5.00. The molecule has 2 aromatic carbocycles. The largest absolute Gasteiger partial charge is 0.493 e. The number of fused-ring (bicyclic) bond motifs is 1. The first-order chi connectivity index (χ1) is 18.6. The van der Waals surface area contributed by atoms with E-state index in [9.17, 15) is 9.18 Å². The van der Waals surface area contributed by atoms with Gasteiger partial charge in [-0.15, -0.1) is 0 Å². The molecule has 3 heterocycles. The van der Waals surface area contributed by atoms with Crippen LogP contribution in [0.3, 0.4) is 0 Å². The summed E-state index contributed by atoms with van der Waals surface area (Å²) < 4.78 is 30.5. The third-order valence-electron chi connectivity index (χ3n) is 6.52. The van der Waals surface area contributed by atoms with Crippen LogP contribution in [0.4, 0.5) is 10.3 Å². The number of hydrazine groups is 1. The summed E-state index contributed by atoms with van der Waals surface area (Å²) >= 11 is 0. The second-order valence-corrected chi connectivity index (χ2v) is 8.98. The first-order valence-electron chi connectivity index (χ1n) is 12.1. The van der Waals surface area contributed by atoms with Crippen molar-refractivity contribution >= 4 is 22.6 Å². The van der Waals surface area contributed by atoms with E-state index < -0.39 is 6.04 Å². The van der Waals surface area contributed by atoms with E-state index >= 15 is 0 Å². The standard InChI is InChI=1S/C28H24FN5O4/c1-36-25-13-21-22(14-26(25)37-2)30-11-9-24(21)38-20-15-31-28(32-16-20)34-27(17-3-5-18(29)6-4-17)23(35)10-12-33(34)19-7-8-19/h3-6,9-16,19,27H,7-8H2,1-2H3. The van der Waals surface area contributed by atoms with Crippen LogP contribution < -0.4 is 19.2 Å². The fourth-order valence-corrected chi connectivity index (χ4v) is 4.52. The Bertz CT molecular complexity index is 1520. The molecule has 4 aromatic rings. The lowest BCUT2D eigenvalue weighted by atomic mass is 10.0. The molecule has 9 nitrogen and oxygen atoms in total. The van der Waals surface area contributed by atoms with Crippen molar-refractivity contribution in [1.82, 2.24) is 20.0 Å².